The van der Waals surface area contributed by atoms with Gasteiger partial charge in [0.15, 0.2) is 0 Å². The Labute approximate surface area is 181 Å². The molecule has 4 rings (SSSR count). The molecular formula is C22H29N3O6. The van der Waals surface area contributed by atoms with Crippen molar-refractivity contribution in [2.75, 3.05) is 59.1 Å². The zero-order valence-electron chi connectivity index (χ0n) is 17.5. The second kappa shape index (κ2) is 11.5. The highest BCUT2D eigenvalue weighted by molar-refractivity contribution is 5.83. The van der Waals surface area contributed by atoms with Gasteiger partial charge in [-0.1, -0.05) is 42.5 Å². The highest BCUT2D eigenvalue weighted by atomic mass is 16.6. The number of nitrogens with zero attached hydrogens (tertiary/aromatic N) is 3. The lowest BCUT2D eigenvalue weighted by Gasteiger charge is -2.31. The minimum Gasteiger partial charge on any atom is -0.483 e. The molecule has 0 unspecified atom stereocenters. The van der Waals surface area contributed by atoms with E-state index in [1.165, 1.54) is 10.5 Å². The number of rotatable bonds is 5. The zero-order valence-corrected chi connectivity index (χ0v) is 17.5. The van der Waals surface area contributed by atoms with Crippen LogP contribution < -0.4 is 0 Å². The van der Waals surface area contributed by atoms with E-state index < -0.39 is 0 Å². The normalized spacial score (nSPS) is 23.7. The molecule has 9 heteroatoms. The van der Waals surface area contributed by atoms with Crippen LogP contribution >= 0.6 is 0 Å². The molecule has 1 aromatic rings. The van der Waals surface area contributed by atoms with Gasteiger partial charge in [-0.3, -0.25) is 19.4 Å². The average Bonchev–Trinajstić information content (AvgIpc) is 2.95. The van der Waals surface area contributed by atoms with Crippen molar-refractivity contribution in [1.82, 2.24) is 14.7 Å². The second-order valence-corrected chi connectivity index (χ2v) is 7.76. The molecule has 0 radical (unpaired) electrons. The number of hydrogen-bond acceptors (Lipinski definition) is 6. The predicted octanol–water partition coefficient (Wildman–Crippen LogP) is 1.01. The Bertz CT molecular complexity index is 772. The summed E-state index contributed by atoms with van der Waals surface area (Å²) >= 11 is 0. The summed E-state index contributed by atoms with van der Waals surface area (Å²) in [4.78, 5) is 38.6. The standard InChI is InChI=1S/C21H27N3O4.CH2O2/c25-20(14-23-9-10-28-21(23)26)24-12-18-11-22(19(13-24)16-27-15-18)8-4-7-17-5-2-1-3-6-17;2-1-3/h1-7,18-19H,8-16H2;1H,(H,2,3)/b7-4+;/t18-,19+;/m1./s1. The lowest BCUT2D eigenvalue weighted by atomic mass is 10.1. The van der Waals surface area contributed by atoms with Gasteiger partial charge in [0.05, 0.1) is 25.8 Å². The molecular weight excluding hydrogens is 402 g/mol. The summed E-state index contributed by atoms with van der Waals surface area (Å²) in [5, 5.41) is 6.89. The van der Waals surface area contributed by atoms with Gasteiger partial charge >= 0.3 is 6.09 Å². The first-order chi connectivity index (χ1) is 15.1. The maximum Gasteiger partial charge on any atom is 0.410 e. The van der Waals surface area contributed by atoms with Crippen LogP contribution in [-0.4, -0.2) is 103 Å². The molecule has 2 amide bonds. The van der Waals surface area contributed by atoms with Crippen molar-refractivity contribution in [2.45, 2.75) is 6.04 Å². The number of fused-ring (bicyclic) bond motifs is 3. The van der Waals surface area contributed by atoms with Crippen LogP contribution in [-0.2, 0) is 19.1 Å². The van der Waals surface area contributed by atoms with Crippen molar-refractivity contribution in [3.8, 4) is 0 Å². The molecule has 3 aliphatic rings. The van der Waals surface area contributed by atoms with Crippen molar-refractivity contribution >= 4 is 24.5 Å². The largest absolute Gasteiger partial charge is 0.483 e. The Morgan fingerprint density at radius 2 is 1.94 bits per heavy atom. The lowest BCUT2D eigenvalue weighted by Crippen LogP contribution is -2.48. The Morgan fingerprint density at radius 1 is 1.16 bits per heavy atom. The molecule has 3 heterocycles. The third-order valence-electron chi connectivity index (χ3n) is 5.56. The molecule has 0 aromatic heterocycles. The molecule has 3 aliphatic heterocycles. The fraction of sp³-hybridized carbons (Fsp3) is 0.500. The first kappa shape index (κ1) is 22.8. The summed E-state index contributed by atoms with van der Waals surface area (Å²) in [5.41, 5.74) is 1.19. The Morgan fingerprint density at radius 3 is 2.65 bits per heavy atom. The van der Waals surface area contributed by atoms with Crippen LogP contribution in [0.4, 0.5) is 4.79 Å². The maximum atomic E-state index is 12.8. The van der Waals surface area contributed by atoms with Crippen LogP contribution in [0.2, 0.25) is 0 Å². The summed E-state index contributed by atoms with van der Waals surface area (Å²) in [6.45, 7) is 5.08. The molecule has 3 saturated heterocycles. The quantitative estimate of drug-likeness (QED) is 0.695. The summed E-state index contributed by atoms with van der Waals surface area (Å²) in [6.07, 6.45) is 3.93. The van der Waals surface area contributed by atoms with Gasteiger partial charge in [-0.2, -0.15) is 0 Å². The monoisotopic (exact) mass is 431 g/mol. The van der Waals surface area contributed by atoms with Gasteiger partial charge in [0.25, 0.3) is 6.47 Å². The van der Waals surface area contributed by atoms with E-state index in [4.69, 9.17) is 19.4 Å². The lowest BCUT2D eigenvalue weighted by molar-refractivity contribution is -0.133. The molecule has 2 atom stereocenters. The first-order valence-corrected chi connectivity index (χ1v) is 10.4. The van der Waals surface area contributed by atoms with Crippen LogP contribution in [0.5, 0.6) is 0 Å². The predicted molar refractivity (Wildman–Crippen MR) is 113 cm³/mol. The van der Waals surface area contributed by atoms with Crippen LogP contribution in [0, 0.1) is 5.92 Å². The third-order valence-corrected chi connectivity index (χ3v) is 5.56. The number of ether oxygens (including phenoxy) is 2. The molecule has 2 bridgehead atoms. The fourth-order valence-electron chi connectivity index (χ4n) is 4.08. The number of hydrogen-bond donors (Lipinski definition) is 1. The second-order valence-electron chi connectivity index (χ2n) is 7.76. The Hall–Kier alpha value is -2.91. The van der Waals surface area contributed by atoms with Crippen LogP contribution in [0.1, 0.15) is 5.56 Å². The number of carboxylic acid groups (broad SMARTS) is 1. The van der Waals surface area contributed by atoms with Gasteiger partial charge in [0, 0.05) is 32.1 Å². The Kier molecular flexibility index (Phi) is 8.43. The van der Waals surface area contributed by atoms with Gasteiger partial charge in [0.1, 0.15) is 13.2 Å². The number of carbonyl (C=O) groups is 3. The van der Waals surface area contributed by atoms with E-state index >= 15 is 0 Å². The SMILES string of the molecule is O=C(CN1CCOC1=O)N1C[C@@H]2COC[C@H](C1)N(C/C=C/c1ccccc1)C2.O=CO. The van der Waals surface area contributed by atoms with Crippen LogP contribution in [0.25, 0.3) is 6.08 Å². The maximum absolute atomic E-state index is 12.8. The highest BCUT2D eigenvalue weighted by Crippen LogP contribution is 2.20. The summed E-state index contributed by atoms with van der Waals surface area (Å²) in [7, 11) is 0. The van der Waals surface area contributed by atoms with E-state index in [0.717, 1.165) is 13.1 Å². The average molecular weight is 431 g/mol. The van der Waals surface area contributed by atoms with Crippen molar-refractivity contribution in [1.29, 1.82) is 0 Å². The van der Waals surface area contributed by atoms with E-state index in [1.54, 1.807) is 0 Å². The topological polar surface area (TPSA) is 99.6 Å². The minimum atomic E-state index is -0.389. The van der Waals surface area contributed by atoms with Crippen molar-refractivity contribution in [2.24, 2.45) is 5.92 Å². The number of carbonyl (C=O) groups excluding carboxylic acids is 2. The first-order valence-electron chi connectivity index (χ1n) is 10.4. The number of cyclic esters (lactones) is 1. The van der Waals surface area contributed by atoms with Crippen molar-refractivity contribution in [3.05, 3.63) is 42.0 Å². The molecule has 1 aromatic carbocycles. The summed E-state index contributed by atoms with van der Waals surface area (Å²) < 4.78 is 10.8. The van der Waals surface area contributed by atoms with Gasteiger partial charge in [0.2, 0.25) is 5.91 Å². The summed E-state index contributed by atoms with van der Waals surface area (Å²) in [6, 6.07) is 10.4. The van der Waals surface area contributed by atoms with E-state index in [1.807, 2.05) is 23.1 Å². The van der Waals surface area contributed by atoms with Gasteiger partial charge in [-0.15, -0.1) is 0 Å². The third kappa shape index (κ3) is 6.53. The van der Waals surface area contributed by atoms with E-state index in [0.29, 0.717) is 39.5 Å². The number of amides is 2. The van der Waals surface area contributed by atoms with E-state index in [-0.39, 0.29) is 37.0 Å². The van der Waals surface area contributed by atoms with Crippen molar-refractivity contribution < 1.29 is 29.0 Å². The van der Waals surface area contributed by atoms with Crippen molar-refractivity contribution in [3.63, 3.8) is 0 Å². The molecule has 31 heavy (non-hydrogen) atoms. The van der Waals surface area contributed by atoms with Crippen LogP contribution in [0.3, 0.4) is 0 Å². The minimum absolute atomic E-state index is 0.00238. The smallest absolute Gasteiger partial charge is 0.410 e. The van der Waals surface area contributed by atoms with Gasteiger partial charge < -0.3 is 19.5 Å². The molecule has 9 nitrogen and oxygen atoms in total. The summed E-state index contributed by atoms with van der Waals surface area (Å²) in [5.74, 6) is 0.282. The van der Waals surface area contributed by atoms with Crippen LogP contribution in [0.15, 0.2) is 36.4 Å². The zero-order chi connectivity index (χ0) is 22.1. The van der Waals surface area contributed by atoms with Gasteiger partial charge in [-0.05, 0) is 5.56 Å². The molecule has 0 saturated carbocycles. The fourth-order valence-corrected chi connectivity index (χ4v) is 4.08. The molecule has 168 valence electrons. The molecule has 0 aliphatic carbocycles. The highest BCUT2D eigenvalue weighted by Gasteiger charge is 2.35. The van der Waals surface area contributed by atoms with E-state index in [2.05, 4.69) is 29.2 Å². The number of benzene rings is 1. The molecule has 1 N–H and O–H groups in total. The Balaban J connectivity index is 0.000000858. The van der Waals surface area contributed by atoms with E-state index in [9.17, 15) is 9.59 Å². The molecule has 3 fully saturated rings. The molecule has 0 spiro atoms. The van der Waals surface area contributed by atoms with Gasteiger partial charge in [-0.25, -0.2) is 4.79 Å².